The molecule has 2 rings (SSSR count). The first-order valence-electron chi connectivity index (χ1n) is 6.37. The molecule has 0 saturated carbocycles. The van der Waals surface area contributed by atoms with Crippen LogP contribution in [0.4, 0.5) is 18.9 Å². The van der Waals surface area contributed by atoms with E-state index in [-0.39, 0.29) is 5.69 Å². The van der Waals surface area contributed by atoms with E-state index in [9.17, 15) is 18.0 Å². The highest BCUT2D eigenvalue weighted by molar-refractivity contribution is 6.32. The minimum atomic E-state index is -4.85. The summed E-state index contributed by atoms with van der Waals surface area (Å²) in [6.45, 7) is -0.413. The molecule has 0 fully saturated rings. The van der Waals surface area contributed by atoms with Crippen LogP contribution in [0.25, 0.3) is 0 Å². The number of hydrogen-bond donors (Lipinski definition) is 1. The van der Waals surface area contributed by atoms with Gasteiger partial charge in [-0.2, -0.15) is 0 Å². The van der Waals surface area contributed by atoms with E-state index in [0.717, 1.165) is 6.07 Å². The highest BCUT2D eigenvalue weighted by Gasteiger charge is 2.32. The van der Waals surface area contributed by atoms with Gasteiger partial charge in [-0.05, 0) is 24.3 Å². The summed E-state index contributed by atoms with van der Waals surface area (Å²) in [4.78, 5) is 11.8. The minimum absolute atomic E-state index is 0.113. The molecular formula is C15H11ClF3NO3. The first kappa shape index (κ1) is 17.0. The molecule has 4 nitrogen and oxygen atoms in total. The molecule has 0 atom stereocenters. The average molecular weight is 346 g/mol. The second kappa shape index (κ2) is 7.23. The molecule has 0 bridgehead atoms. The quantitative estimate of drug-likeness (QED) is 0.881. The maximum absolute atomic E-state index is 12.3. The van der Waals surface area contributed by atoms with Gasteiger partial charge in [0.15, 0.2) is 12.4 Å². The van der Waals surface area contributed by atoms with Crippen molar-refractivity contribution < 1.29 is 27.4 Å². The summed E-state index contributed by atoms with van der Waals surface area (Å²) in [7, 11) is 0. The van der Waals surface area contributed by atoms with Crippen LogP contribution in [-0.4, -0.2) is 18.9 Å². The Morgan fingerprint density at radius 1 is 1.04 bits per heavy atom. The fourth-order valence-corrected chi connectivity index (χ4v) is 1.87. The lowest BCUT2D eigenvalue weighted by molar-refractivity contribution is -0.274. The molecule has 2 aromatic rings. The summed E-state index contributed by atoms with van der Waals surface area (Å²) in [5.41, 5.74) is -0.113. The number of anilines is 1. The van der Waals surface area contributed by atoms with E-state index in [4.69, 9.17) is 16.3 Å². The van der Waals surface area contributed by atoms with E-state index >= 15 is 0 Å². The van der Waals surface area contributed by atoms with Gasteiger partial charge in [0.25, 0.3) is 5.91 Å². The first-order chi connectivity index (χ1) is 10.8. The molecule has 0 heterocycles. The maximum atomic E-state index is 12.3. The lowest BCUT2D eigenvalue weighted by Gasteiger charge is -2.14. The highest BCUT2D eigenvalue weighted by Crippen LogP contribution is 2.30. The number of para-hydroxylation sites is 3. The largest absolute Gasteiger partial charge is 0.573 e. The van der Waals surface area contributed by atoms with Crippen LogP contribution in [0.2, 0.25) is 5.02 Å². The molecule has 0 aliphatic rings. The van der Waals surface area contributed by atoms with Gasteiger partial charge in [-0.3, -0.25) is 4.79 Å². The van der Waals surface area contributed by atoms with E-state index in [2.05, 4.69) is 10.1 Å². The smallest absolute Gasteiger partial charge is 0.482 e. The molecular weight excluding hydrogens is 335 g/mol. The maximum Gasteiger partial charge on any atom is 0.573 e. The molecule has 0 aliphatic carbocycles. The molecule has 0 spiro atoms. The third-order valence-electron chi connectivity index (χ3n) is 2.58. The van der Waals surface area contributed by atoms with E-state index < -0.39 is 24.6 Å². The molecule has 0 aliphatic heterocycles. The fraction of sp³-hybridized carbons (Fsp3) is 0.133. The van der Waals surface area contributed by atoms with Crippen LogP contribution in [0, 0.1) is 0 Å². The van der Waals surface area contributed by atoms with Gasteiger partial charge in [0, 0.05) is 0 Å². The van der Waals surface area contributed by atoms with E-state index in [1.807, 2.05) is 0 Å². The van der Waals surface area contributed by atoms with E-state index in [0.29, 0.717) is 10.8 Å². The minimum Gasteiger partial charge on any atom is -0.482 e. The average Bonchev–Trinajstić information content (AvgIpc) is 2.47. The number of amides is 1. The van der Waals surface area contributed by atoms with Gasteiger partial charge in [0.2, 0.25) is 0 Å². The topological polar surface area (TPSA) is 47.6 Å². The molecule has 1 N–H and O–H groups in total. The van der Waals surface area contributed by atoms with Crippen molar-refractivity contribution >= 4 is 23.2 Å². The van der Waals surface area contributed by atoms with Gasteiger partial charge in [0.05, 0.1) is 10.7 Å². The summed E-state index contributed by atoms with van der Waals surface area (Å²) in [5.74, 6) is -0.863. The lowest BCUT2D eigenvalue weighted by atomic mass is 10.3. The number of benzene rings is 2. The first-order valence-corrected chi connectivity index (χ1v) is 6.75. The van der Waals surface area contributed by atoms with Crippen molar-refractivity contribution in [1.82, 2.24) is 0 Å². The van der Waals surface area contributed by atoms with Crippen LogP contribution < -0.4 is 14.8 Å². The summed E-state index contributed by atoms with van der Waals surface area (Å²) < 4.78 is 45.9. The molecule has 0 radical (unpaired) electrons. The number of hydrogen-bond acceptors (Lipinski definition) is 3. The van der Waals surface area contributed by atoms with Crippen LogP contribution in [-0.2, 0) is 4.79 Å². The van der Waals surface area contributed by atoms with Crippen molar-refractivity contribution in [1.29, 1.82) is 0 Å². The highest BCUT2D eigenvalue weighted by atomic mass is 35.5. The zero-order valence-corrected chi connectivity index (χ0v) is 12.3. The normalized spacial score (nSPS) is 11.0. The third kappa shape index (κ3) is 5.37. The number of carbonyl (C=O) groups excluding carboxylic acids is 1. The molecule has 0 saturated heterocycles. The van der Waals surface area contributed by atoms with Gasteiger partial charge in [0.1, 0.15) is 5.75 Å². The molecule has 0 unspecified atom stereocenters. The molecule has 0 aromatic heterocycles. The monoisotopic (exact) mass is 345 g/mol. The molecule has 23 heavy (non-hydrogen) atoms. The number of halogens is 4. The van der Waals surface area contributed by atoms with Gasteiger partial charge >= 0.3 is 6.36 Å². The zero-order valence-electron chi connectivity index (χ0n) is 11.6. The third-order valence-corrected chi connectivity index (χ3v) is 2.89. The predicted octanol–water partition coefficient (Wildman–Crippen LogP) is 4.26. The number of carbonyl (C=O) groups is 1. The van der Waals surface area contributed by atoms with Crippen molar-refractivity contribution in [2.45, 2.75) is 6.36 Å². The van der Waals surface area contributed by atoms with Gasteiger partial charge in [-0.15, -0.1) is 13.2 Å². The molecule has 122 valence electrons. The van der Waals surface area contributed by atoms with Crippen LogP contribution in [0.3, 0.4) is 0 Å². The van der Waals surface area contributed by atoms with E-state index in [1.165, 1.54) is 18.2 Å². The Morgan fingerprint density at radius 3 is 2.30 bits per heavy atom. The lowest BCUT2D eigenvalue weighted by Crippen LogP contribution is -2.22. The Bertz CT molecular complexity index is 692. The van der Waals surface area contributed by atoms with Crippen LogP contribution in [0.5, 0.6) is 11.5 Å². The second-order valence-corrected chi connectivity index (χ2v) is 4.72. The number of nitrogens with one attached hydrogen (secondary N) is 1. The standard InChI is InChI=1S/C15H11ClF3NO3/c16-10-5-1-3-7-12(10)22-9-14(21)20-11-6-2-4-8-13(11)23-15(17,18)19/h1-8H,9H2,(H,20,21). The van der Waals surface area contributed by atoms with Crippen molar-refractivity contribution in [2.75, 3.05) is 11.9 Å². The van der Waals surface area contributed by atoms with Gasteiger partial charge < -0.3 is 14.8 Å². The van der Waals surface area contributed by atoms with Crippen molar-refractivity contribution in [3.8, 4) is 11.5 Å². The van der Waals surface area contributed by atoms with Gasteiger partial charge in [-0.25, -0.2) is 0 Å². The summed E-state index contributed by atoms with van der Waals surface area (Å²) >= 11 is 5.86. The van der Waals surface area contributed by atoms with Crippen molar-refractivity contribution in [2.24, 2.45) is 0 Å². The Balaban J connectivity index is 1.99. The molecule has 8 heteroatoms. The zero-order chi connectivity index (χ0) is 16.9. The van der Waals surface area contributed by atoms with E-state index in [1.54, 1.807) is 24.3 Å². The summed E-state index contributed by atoms with van der Waals surface area (Å²) in [5, 5.41) is 2.61. The van der Waals surface area contributed by atoms with Crippen LogP contribution in [0.1, 0.15) is 0 Å². The fourth-order valence-electron chi connectivity index (χ4n) is 1.67. The molecule has 1 amide bonds. The SMILES string of the molecule is O=C(COc1ccccc1Cl)Nc1ccccc1OC(F)(F)F. The number of ether oxygens (including phenoxy) is 2. The number of rotatable bonds is 5. The Labute approximate surface area is 134 Å². The molecule has 2 aromatic carbocycles. The van der Waals surface area contributed by atoms with Crippen LogP contribution >= 0.6 is 11.6 Å². The summed E-state index contributed by atoms with van der Waals surface area (Å²) in [6.07, 6.45) is -4.85. The Hall–Kier alpha value is -2.41. The van der Waals surface area contributed by atoms with Crippen LogP contribution in [0.15, 0.2) is 48.5 Å². The Morgan fingerprint density at radius 2 is 1.65 bits per heavy atom. The Kier molecular flexibility index (Phi) is 5.33. The predicted molar refractivity (Wildman–Crippen MR) is 78.7 cm³/mol. The second-order valence-electron chi connectivity index (χ2n) is 4.31. The summed E-state index contributed by atoms with van der Waals surface area (Å²) in [6, 6.07) is 11.7. The van der Waals surface area contributed by atoms with Crippen molar-refractivity contribution in [3.05, 3.63) is 53.6 Å². The van der Waals surface area contributed by atoms with Gasteiger partial charge in [-0.1, -0.05) is 35.9 Å². The van der Waals surface area contributed by atoms with Crippen molar-refractivity contribution in [3.63, 3.8) is 0 Å². The number of alkyl halides is 3.